The van der Waals surface area contributed by atoms with Crippen molar-refractivity contribution in [2.24, 2.45) is 5.41 Å². The first-order chi connectivity index (χ1) is 15.3. The molecule has 6 nitrogen and oxygen atoms in total. The Bertz CT molecular complexity index is 664. The van der Waals surface area contributed by atoms with Crippen LogP contribution in [-0.4, -0.2) is 70.2 Å². The van der Waals surface area contributed by atoms with Gasteiger partial charge in [0.2, 0.25) is 0 Å². The molecule has 0 atom stereocenters. The van der Waals surface area contributed by atoms with E-state index in [4.69, 9.17) is 9.47 Å². The topological polar surface area (TPSA) is 59.1 Å². The van der Waals surface area contributed by atoms with Crippen LogP contribution in [0.1, 0.15) is 114 Å². The maximum Gasteiger partial charge on any atom is 0.323 e. The zero-order valence-corrected chi connectivity index (χ0v) is 24.1. The molecular formula is C28H52N2O4. The summed E-state index contributed by atoms with van der Waals surface area (Å²) in [6.45, 7) is 21.3. The second kappa shape index (κ2) is 9.72. The number of piperidine rings is 2. The lowest BCUT2D eigenvalue weighted by molar-refractivity contribution is -0.186. The minimum absolute atomic E-state index is 0.0989. The average Bonchev–Trinajstić information content (AvgIpc) is 2.67. The Labute approximate surface area is 209 Å². The van der Waals surface area contributed by atoms with Gasteiger partial charge in [0.1, 0.15) is 12.2 Å². The molecule has 2 aliphatic rings. The highest BCUT2D eigenvalue weighted by Gasteiger charge is 2.51. The lowest BCUT2D eigenvalue weighted by Crippen LogP contribution is -2.61. The van der Waals surface area contributed by atoms with Crippen molar-refractivity contribution < 1.29 is 19.1 Å². The van der Waals surface area contributed by atoms with E-state index in [-0.39, 0.29) is 34.4 Å². The molecule has 0 radical (unpaired) electrons. The van der Waals surface area contributed by atoms with Crippen LogP contribution in [0.3, 0.4) is 0 Å². The van der Waals surface area contributed by atoms with Crippen LogP contribution < -0.4 is 0 Å². The Kier molecular flexibility index (Phi) is 8.32. The highest BCUT2D eigenvalue weighted by Crippen LogP contribution is 2.41. The Morgan fingerprint density at radius 1 is 0.735 bits per heavy atom. The summed E-state index contributed by atoms with van der Waals surface area (Å²) in [5.74, 6) is -0.864. The maximum absolute atomic E-state index is 13.6. The van der Waals surface area contributed by atoms with E-state index in [9.17, 15) is 9.59 Å². The SMILES string of the molecule is CCCCC(C)(C(=O)OC1CC(C)(C)N(C)C(C)(C)C1)C(=O)OC1CC(C)(C)N(C)C(C)(C)C1. The van der Waals surface area contributed by atoms with Crippen LogP contribution in [0.2, 0.25) is 0 Å². The number of ether oxygens (including phenoxy) is 2. The molecule has 0 aromatic heterocycles. The van der Waals surface area contributed by atoms with Crippen molar-refractivity contribution in [1.29, 1.82) is 0 Å². The lowest BCUT2D eigenvalue weighted by atomic mass is 9.78. The van der Waals surface area contributed by atoms with Crippen LogP contribution in [-0.2, 0) is 19.1 Å². The molecule has 2 aliphatic heterocycles. The van der Waals surface area contributed by atoms with Crippen LogP contribution in [0, 0.1) is 5.41 Å². The van der Waals surface area contributed by atoms with Crippen molar-refractivity contribution >= 4 is 11.9 Å². The van der Waals surface area contributed by atoms with Gasteiger partial charge in [0, 0.05) is 47.8 Å². The highest BCUT2D eigenvalue weighted by molar-refractivity contribution is 5.99. The van der Waals surface area contributed by atoms with Gasteiger partial charge in [-0.05, 0) is 82.8 Å². The number of hydrogen-bond acceptors (Lipinski definition) is 6. The number of unbranched alkanes of at least 4 members (excludes halogenated alkanes) is 1. The van der Waals surface area contributed by atoms with E-state index >= 15 is 0 Å². The third-order valence-corrected chi connectivity index (χ3v) is 9.02. The molecule has 2 rings (SSSR count). The molecule has 2 heterocycles. The summed E-state index contributed by atoms with van der Waals surface area (Å²) in [6.07, 6.45) is 4.66. The quantitative estimate of drug-likeness (QED) is 0.351. The van der Waals surface area contributed by atoms with Crippen molar-refractivity contribution in [1.82, 2.24) is 9.80 Å². The minimum Gasteiger partial charge on any atom is -0.461 e. The number of carbonyl (C=O) groups is 2. The van der Waals surface area contributed by atoms with Gasteiger partial charge in [0.25, 0.3) is 0 Å². The van der Waals surface area contributed by atoms with Crippen LogP contribution in [0.25, 0.3) is 0 Å². The number of carbonyl (C=O) groups excluding carboxylic acids is 2. The summed E-state index contributed by atoms with van der Waals surface area (Å²) in [5.41, 5.74) is -1.68. The van der Waals surface area contributed by atoms with Crippen molar-refractivity contribution in [3.05, 3.63) is 0 Å². The molecular weight excluding hydrogens is 428 g/mol. The molecule has 2 fully saturated rings. The van der Waals surface area contributed by atoms with E-state index in [1.807, 2.05) is 0 Å². The summed E-state index contributed by atoms with van der Waals surface area (Å²) < 4.78 is 12.2. The van der Waals surface area contributed by atoms with E-state index in [1.54, 1.807) is 6.92 Å². The Balaban J connectivity index is 2.21. The summed E-state index contributed by atoms with van der Waals surface area (Å²) in [4.78, 5) is 31.9. The van der Waals surface area contributed by atoms with Crippen molar-refractivity contribution in [2.75, 3.05) is 14.1 Å². The van der Waals surface area contributed by atoms with E-state index in [0.717, 1.165) is 38.5 Å². The fourth-order valence-electron chi connectivity index (χ4n) is 6.11. The first-order valence-electron chi connectivity index (χ1n) is 13.2. The third-order valence-electron chi connectivity index (χ3n) is 9.02. The Morgan fingerprint density at radius 2 is 1.03 bits per heavy atom. The Hall–Kier alpha value is -1.14. The van der Waals surface area contributed by atoms with Gasteiger partial charge in [-0.2, -0.15) is 0 Å². The molecule has 6 heteroatoms. The number of hydrogen-bond donors (Lipinski definition) is 0. The Morgan fingerprint density at radius 3 is 1.29 bits per heavy atom. The first-order valence-corrected chi connectivity index (χ1v) is 13.2. The molecule has 198 valence electrons. The normalized spacial score (nSPS) is 25.6. The monoisotopic (exact) mass is 480 g/mol. The molecule has 34 heavy (non-hydrogen) atoms. The van der Waals surface area contributed by atoms with Gasteiger partial charge in [0.15, 0.2) is 5.41 Å². The standard InChI is InChI=1S/C28H52N2O4/c1-13-14-15-28(10,22(31)33-20-16-24(2,3)29(11)25(4,5)17-20)23(32)34-21-18-26(6,7)30(12)27(8,9)19-21/h20-21H,13-19H2,1-12H3. The van der Waals surface area contributed by atoms with Crippen LogP contribution in [0.4, 0.5) is 0 Å². The van der Waals surface area contributed by atoms with Gasteiger partial charge < -0.3 is 9.47 Å². The molecule has 0 amide bonds. The molecule has 0 unspecified atom stereocenters. The van der Waals surface area contributed by atoms with Gasteiger partial charge in [-0.1, -0.05) is 19.8 Å². The van der Waals surface area contributed by atoms with Gasteiger partial charge in [0.05, 0.1) is 0 Å². The molecule has 2 saturated heterocycles. The van der Waals surface area contributed by atoms with Gasteiger partial charge in [-0.3, -0.25) is 19.4 Å². The van der Waals surface area contributed by atoms with E-state index in [0.29, 0.717) is 6.42 Å². The van der Waals surface area contributed by atoms with E-state index in [1.165, 1.54) is 0 Å². The zero-order chi connectivity index (χ0) is 26.3. The number of likely N-dealkylation sites (tertiary alicyclic amines) is 2. The molecule has 0 aromatic rings. The summed E-state index contributed by atoms with van der Waals surface area (Å²) in [6, 6.07) is 0. The molecule has 0 bridgehead atoms. The van der Waals surface area contributed by atoms with Crippen molar-refractivity contribution in [2.45, 2.75) is 149 Å². The number of rotatable bonds is 7. The van der Waals surface area contributed by atoms with Crippen LogP contribution >= 0.6 is 0 Å². The highest BCUT2D eigenvalue weighted by atomic mass is 16.6. The molecule has 0 saturated carbocycles. The zero-order valence-electron chi connectivity index (χ0n) is 24.1. The molecule has 0 N–H and O–H groups in total. The van der Waals surface area contributed by atoms with E-state index < -0.39 is 17.4 Å². The second-order valence-corrected chi connectivity index (χ2v) is 13.7. The predicted octanol–water partition coefficient (Wildman–Crippen LogP) is 5.57. The second-order valence-electron chi connectivity index (χ2n) is 13.7. The van der Waals surface area contributed by atoms with Gasteiger partial charge >= 0.3 is 11.9 Å². The average molecular weight is 481 g/mol. The van der Waals surface area contributed by atoms with Crippen LogP contribution in [0.15, 0.2) is 0 Å². The molecule has 0 spiro atoms. The minimum atomic E-state index is -1.29. The largest absolute Gasteiger partial charge is 0.461 e. The molecule has 0 aliphatic carbocycles. The smallest absolute Gasteiger partial charge is 0.323 e. The fourth-order valence-corrected chi connectivity index (χ4v) is 6.11. The van der Waals surface area contributed by atoms with Crippen molar-refractivity contribution in [3.8, 4) is 0 Å². The number of nitrogens with zero attached hydrogens (tertiary/aromatic N) is 2. The predicted molar refractivity (Wildman–Crippen MR) is 138 cm³/mol. The fraction of sp³-hybridized carbons (Fsp3) is 0.929. The maximum atomic E-state index is 13.6. The number of esters is 2. The van der Waals surface area contributed by atoms with Crippen LogP contribution in [0.5, 0.6) is 0 Å². The summed E-state index contributed by atoms with van der Waals surface area (Å²) in [7, 11) is 4.26. The third kappa shape index (κ3) is 5.98. The lowest BCUT2D eigenvalue weighted by Gasteiger charge is -2.53. The first kappa shape index (κ1) is 29.1. The van der Waals surface area contributed by atoms with Gasteiger partial charge in [-0.15, -0.1) is 0 Å². The summed E-state index contributed by atoms with van der Waals surface area (Å²) >= 11 is 0. The molecule has 0 aromatic carbocycles. The van der Waals surface area contributed by atoms with Crippen molar-refractivity contribution in [3.63, 3.8) is 0 Å². The van der Waals surface area contributed by atoms with E-state index in [2.05, 4.69) is 86.2 Å². The summed E-state index contributed by atoms with van der Waals surface area (Å²) in [5, 5.41) is 0. The van der Waals surface area contributed by atoms with Gasteiger partial charge in [-0.25, -0.2) is 0 Å².